The standard InChI is InChI=1S/C10H10N2O3/c1-6-11-9-7(5-13)3-2-4-8(9)12(6)10(14)15/h2-4,13H,5H2,1H3,(H,14,15). The van der Waals surface area contributed by atoms with E-state index in [1.165, 1.54) is 0 Å². The Morgan fingerprint density at radius 3 is 2.87 bits per heavy atom. The number of carbonyl (C=O) groups is 1. The van der Waals surface area contributed by atoms with Crippen LogP contribution in [0.3, 0.4) is 0 Å². The number of aromatic nitrogens is 2. The molecule has 0 radical (unpaired) electrons. The lowest BCUT2D eigenvalue weighted by Crippen LogP contribution is -2.09. The van der Waals surface area contributed by atoms with Gasteiger partial charge in [-0.2, -0.15) is 0 Å². The number of fused-ring (bicyclic) bond motifs is 1. The summed E-state index contributed by atoms with van der Waals surface area (Å²) < 4.78 is 1.11. The molecule has 0 saturated heterocycles. The Balaban J connectivity index is 2.84. The van der Waals surface area contributed by atoms with Crippen molar-refractivity contribution in [3.05, 3.63) is 29.6 Å². The van der Waals surface area contributed by atoms with Gasteiger partial charge in [-0.3, -0.25) is 0 Å². The van der Waals surface area contributed by atoms with Gasteiger partial charge in [-0.1, -0.05) is 12.1 Å². The molecule has 0 saturated carbocycles. The summed E-state index contributed by atoms with van der Waals surface area (Å²) in [6.07, 6.45) is -1.06. The number of benzene rings is 1. The summed E-state index contributed by atoms with van der Waals surface area (Å²) in [5, 5.41) is 18.1. The molecule has 0 amide bonds. The van der Waals surface area contributed by atoms with E-state index < -0.39 is 6.09 Å². The lowest BCUT2D eigenvalue weighted by molar-refractivity contribution is 0.196. The van der Waals surface area contributed by atoms with Crippen LogP contribution < -0.4 is 0 Å². The quantitative estimate of drug-likeness (QED) is 0.738. The van der Waals surface area contributed by atoms with Crippen molar-refractivity contribution in [2.45, 2.75) is 13.5 Å². The molecule has 1 aromatic heterocycles. The zero-order valence-electron chi connectivity index (χ0n) is 8.14. The number of aliphatic hydroxyl groups excluding tert-OH is 1. The summed E-state index contributed by atoms with van der Waals surface area (Å²) in [6, 6.07) is 5.10. The molecule has 0 bridgehead atoms. The van der Waals surface area contributed by atoms with E-state index in [-0.39, 0.29) is 6.61 Å². The first-order chi connectivity index (χ1) is 7.15. The summed E-state index contributed by atoms with van der Waals surface area (Å²) in [4.78, 5) is 15.1. The Morgan fingerprint density at radius 1 is 1.53 bits per heavy atom. The molecule has 0 aliphatic heterocycles. The van der Waals surface area contributed by atoms with E-state index >= 15 is 0 Å². The fourth-order valence-electron chi connectivity index (χ4n) is 1.64. The second kappa shape index (κ2) is 3.36. The Morgan fingerprint density at radius 2 is 2.27 bits per heavy atom. The maximum Gasteiger partial charge on any atom is 0.417 e. The number of aliphatic hydroxyl groups is 1. The molecule has 5 nitrogen and oxygen atoms in total. The molecular formula is C10H10N2O3. The van der Waals surface area contributed by atoms with Gasteiger partial charge in [-0.25, -0.2) is 14.3 Å². The number of carboxylic acid groups (broad SMARTS) is 1. The second-order valence-corrected chi connectivity index (χ2v) is 3.22. The molecule has 1 heterocycles. The molecule has 2 rings (SSSR count). The van der Waals surface area contributed by atoms with Gasteiger partial charge in [0.2, 0.25) is 0 Å². The Kier molecular flexibility index (Phi) is 2.17. The molecule has 5 heteroatoms. The number of rotatable bonds is 1. The third-order valence-electron chi connectivity index (χ3n) is 2.30. The maximum absolute atomic E-state index is 11.0. The van der Waals surface area contributed by atoms with Crippen molar-refractivity contribution < 1.29 is 15.0 Å². The molecule has 0 unspecified atom stereocenters. The third kappa shape index (κ3) is 1.37. The largest absolute Gasteiger partial charge is 0.464 e. The van der Waals surface area contributed by atoms with Crippen molar-refractivity contribution in [1.82, 2.24) is 9.55 Å². The van der Waals surface area contributed by atoms with Crippen LogP contribution in [0, 0.1) is 6.92 Å². The van der Waals surface area contributed by atoms with Crippen molar-refractivity contribution in [3.8, 4) is 0 Å². The lowest BCUT2D eigenvalue weighted by Gasteiger charge is -1.99. The van der Waals surface area contributed by atoms with Gasteiger partial charge in [0.15, 0.2) is 0 Å². The van der Waals surface area contributed by atoms with Crippen molar-refractivity contribution >= 4 is 17.1 Å². The highest BCUT2D eigenvalue weighted by molar-refractivity contribution is 5.88. The molecule has 0 atom stereocenters. The van der Waals surface area contributed by atoms with Crippen LogP contribution >= 0.6 is 0 Å². The summed E-state index contributed by atoms with van der Waals surface area (Å²) >= 11 is 0. The van der Waals surface area contributed by atoms with Crippen LogP contribution in [0.25, 0.3) is 11.0 Å². The van der Waals surface area contributed by atoms with Crippen LogP contribution in [0.2, 0.25) is 0 Å². The molecule has 0 aliphatic carbocycles. The van der Waals surface area contributed by atoms with Gasteiger partial charge >= 0.3 is 6.09 Å². The predicted molar refractivity (Wildman–Crippen MR) is 53.8 cm³/mol. The zero-order valence-corrected chi connectivity index (χ0v) is 8.14. The number of aryl methyl sites for hydroxylation is 1. The maximum atomic E-state index is 11.0. The fraction of sp³-hybridized carbons (Fsp3) is 0.200. The van der Waals surface area contributed by atoms with Crippen LogP contribution in [0.1, 0.15) is 11.4 Å². The van der Waals surface area contributed by atoms with Crippen LogP contribution in [-0.2, 0) is 6.61 Å². The molecular weight excluding hydrogens is 196 g/mol. The minimum absolute atomic E-state index is 0.145. The molecule has 1 aromatic carbocycles. The van der Waals surface area contributed by atoms with Gasteiger partial charge in [0.25, 0.3) is 0 Å². The van der Waals surface area contributed by atoms with Gasteiger partial charge in [0.1, 0.15) is 5.82 Å². The van der Waals surface area contributed by atoms with Crippen molar-refractivity contribution in [3.63, 3.8) is 0 Å². The van der Waals surface area contributed by atoms with E-state index in [9.17, 15) is 4.79 Å². The predicted octanol–water partition coefficient (Wildman–Crippen LogP) is 1.36. The molecule has 2 N–H and O–H groups in total. The van der Waals surface area contributed by atoms with Crippen LogP contribution in [0.4, 0.5) is 4.79 Å². The normalized spacial score (nSPS) is 10.8. The average Bonchev–Trinajstić information content (AvgIpc) is 2.53. The second-order valence-electron chi connectivity index (χ2n) is 3.22. The van der Waals surface area contributed by atoms with Gasteiger partial charge in [0.05, 0.1) is 17.6 Å². The van der Waals surface area contributed by atoms with Gasteiger partial charge in [0, 0.05) is 5.56 Å². The highest BCUT2D eigenvalue weighted by atomic mass is 16.4. The summed E-state index contributed by atoms with van der Waals surface area (Å²) in [5.41, 5.74) is 1.68. The van der Waals surface area contributed by atoms with Crippen molar-refractivity contribution in [1.29, 1.82) is 0 Å². The summed E-state index contributed by atoms with van der Waals surface area (Å²) in [7, 11) is 0. The SMILES string of the molecule is Cc1nc2c(CO)cccc2n1C(=O)O. The number of hydrogen-bond acceptors (Lipinski definition) is 3. The first kappa shape index (κ1) is 9.67. The minimum atomic E-state index is -1.06. The Bertz CT molecular complexity index is 531. The minimum Gasteiger partial charge on any atom is -0.464 e. The van der Waals surface area contributed by atoms with Crippen molar-refractivity contribution in [2.24, 2.45) is 0 Å². The van der Waals surface area contributed by atoms with E-state index in [1.807, 2.05) is 0 Å². The highest BCUT2D eigenvalue weighted by Crippen LogP contribution is 2.19. The first-order valence-corrected chi connectivity index (χ1v) is 4.46. The molecule has 78 valence electrons. The number of para-hydroxylation sites is 1. The third-order valence-corrected chi connectivity index (χ3v) is 2.30. The molecule has 15 heavy (non-hydrogen) atoms. The molecule has 0 spiro atoms. The Labute approximate surface area is 85.6 Å². The van der Waals surface area contributed by atoms with E-state index in [1.54, 1.807) is 25.1 Å². The molecule has 2 aromatic rings. The number of nitrogens with zero attached hydrogens (tertiary/aromatic N) is 2. The van der Waals surface area contributed by atoms with Crippen LogP contribution in [0.5, 0.6) is 0 Å². The Hall–Kier alpha value is -1.88. The average molecular weight is 206 g/mol. The van der Waals surface area contributed by atoms with Crippen LogP contribution in [0.15, 0.2) is 18.2 Å². The molecule has 0 fully saturated rings. The van der Waals surface area contributed by atoms with E-state index in [4.69, 9.17) is 10.2 Å². The number of imidazole rings is 1. The smallest absolute Gasteiger partial charge is 0.417 e. The van der Waals surface area contributed by atoms with Crippen molar-refractivity contribution in [2.75, 3.05) is 0 Å². The van der Waals surface area contributed by atoms with Gasteiger partial charge in [-0.15, -0.1) is 0 Å². The fourth-order valence-corrected chi connectivity index (χ4v) is 1.64. The van der Waals surface area contributed by atoms with E-state index in [0.29, 0.717) is 22.4 Å². The first-order valence-electron chi connectivity index (χ1n) is 4.46. The number of hydrogen-bond donors (Lipinski definition) is 2. The van der Waals surface area contributed by atoms with Gasteiger partial charge < -0.3 is 10.2 Å². The van der Waals surface area contributed by atoms with E-state index in [2.05, 4.69) is 4.98 Å². The van der Waals surface area contributed by atoms with Gasteiger partial charge in [-0.05, 0) is 13.0 Å². The van der Waals surface area contributed by atoms with E-state index in [0.717, 1.165) is 4.57 Å². The summed E-state index contributed by atoms with van der Waals surface area (Å²) in [5.74, 6) is 0.401. The monoisotopic (exact) mass is 206 g/mol. The summed E-state index contributed by atoms with van der Waals surface area (Å²) in [6.45, 7) is 1.47. The molecule has 0 aliphatic rings. The van der Waals surface area contributed by atoms with Crippen LogP contribution in [-0.4, -0.2) is 25.9 Å². The topological polar surface area (TPSA) is 75.4 Å². The highest BCUT2D eigenvalue weighted by Gasteiger charge is 2.14. The lowest BCUT2D eigenvalue weighted by atomic mass is 10.2. The zero-order chi connectivity index (χ0) is 11.0.